The first-order valence-corrected chi connectivity index (χ1v) is 7.42. The predicted octanol–water partition coefficient (Wildman–Crippen LogP) is 2.56. The standard InChI is InChI=1S/C14H20N4S/c1-5-15-7-13-9(2)16-14(17-10(13)3)6-12-8-19-11(4)18-12/h8,15H,5-7H2,1-4H3. The molecule has 0 aliphatic rings. The van der Waals surface area contributed by atoms with Gasteiger partial charge in [-0.05, 0) is 27.3 Å². The fourth-order valence-electron chi connectivity index (χ4n) is 2.05. The van der Waals surface area contributed by atoms with Gasteiger partial charge in [-0.1, -0.05) is 6.92 Å². The normalized spacial score (nSPS) is 10.9. The van der Waals surface area contributed by atoms with Crippen LogP contribution >= 0.6 is 11.3 Å². The molecule has 5 heteroatoms. The van der Waals surface area contributed by atoms with Crippen molar-refractivity contribution in [2.45, 2.75) is 40.7 Å². The highest BCUT2D eigenvalue weighted by Gasteiger charge is 2.09. The summed E-state index contributed by atoms with van der Waals surface area (Å²) in [6.45, 7) is 10.0. The third-order valence-electron chi connectivity index (χ3n) is 3.02. The quantitative estimate of drug-likeness (QED) is 0.912. The van der Waals surface area contributed by atoms with E-state index in [2.05, 4.69) is 46.4 Å². The zero-order chi connectivity index (χ0) is 13.8. The molecule has 0 radical (unpaired) electrons. The molecule has 0 amide bonds. The van der Waals surface area contributed by atoms with E-state index < -0.39 is 0 Å². The van der Waals surface area contributed by atoms with Gasteiger partial charge < -0.3 is 5.32 Å². The molecule has 0 aliphatic heterocycles. The van der Waals surface area contributed by atoms with Crippen molar-refractivity contribution in [1.82, 2.24) is 20.3 Å². The van der Waals surface area contributed by atoms with E-state index in [0.717, 1.165) is 41.0 Å². The maximum Gasteiger partial charge on any atom is 0.134 e. The minimum Gasteiger partial charge on any atom is -0.313 e. The predicted molar refractivity (Wildman–Crippen MR) is 78.5 cm³/mol. The lowest BCUT2D eigenvalue weighted by molar-refractivity contribution is 0.705. The first-order valence-electron chi connectivity index (χ1n) is 6.55. The zero-order valence-corrected chi connectivity index (χ0v) is 12.8. The lowest BCUT2D eigenvalue weighted by Crippen LogP contribution is -2.16. The van der Waals surface area contributed by atoms with Crippen LogP contribution in [0, 0.1) is 20.8 Å². The summed E-state index contributed by atoms with van der Waals surface area (Å²) in [6, 6.07) is 0. The average Bonchev–Trinajstić information content (AvgIpc) is 2.74. The first-order chi connectivity index (χ1) is 9.10. The number of nitrogens with zero attached hydrogens (tertiary/aromatic N) is 3. The van der Waals surface area contributed by atoms with E-state index in [9.17, 15) is 0 Å². The third kappa shape index (κ3) is 3.58. The molecule has 1 N–H and O–H groups in total. The summed E-state index contributed by atoms with van der Waals surface area (Å²) in [7, 11) is 0. The molecule has 19 heavy (non-hydrogen) atoms. The molecule has 0 fully saturated rings. The minimum absolute atomic E-state index is 0.716. The van der Waals surface area contributed by atoms with E-state index in [-0.39, 0.29) is 0 Å². The molecule has 0 unspecified atom stereocenters. The van der Waals surface area contributed by atoms with Gasteiger partial charge in [0.2, 0.25) is 0 Å². The van der Waals surface area contributed by atoms with Crippen LogP contribution in [-0.2, 0) is 13.0 Å². The Labute approximate surface area is 118 Å². The monoisotopic (exact) mass is 276 g/mol. The molecular formula is C14H20N4S. The fraction of sp³-hybridized carbons (Fsp3) is 0.500. The first kappa shape index (κ1) is 14.1. The Balaban J connectivity index is 2.19. The number of rotatable bonds is 5. The highest BCUT2D eigenvalue weighted by molar-refractivity contribution is 7.09. The van der Waals surface area contributed by atoms with Crippen molar-refractivity contribution in [2.24, 2.45) is 0 Å². The summed E-state index contributed by atoms with van der Waals surface area (Å²) in [6.07, 6.45) is 0.716. The van der Waals surface area contributed by atoms with E-state index in [4.69, 9.17) is 0 Å². The molecule has 0 saturated heterocycles. The number of aromatic nitrogens is 3. The highest BCUT2D eigenvalue weighted by Crippen LogP contribution is 2.14. The van der Waals surface area contributed by atoms with Crippen molar-refractivity contribution >= 4 is 11.3 Å². The lowest BCUT2D eigenvalue weighted by Gasteiger charge is -2.10. The molecule has 2 heterocycles. The van der Waals surface area contributed by atoms with E-state index in [1.165, 1.54) is 5.56 Å². The van der Waals surface area contributed by atoms with Gasteiger partial charge in [-0.25, -0.2) is 15.0 Å². The van der Waals surface area contributed by atoms with Crippen molar-refractivity contribution in [2.75, 3.05) is 6.54 Å². The smallest absolute Gasteiger partial charge is 0.134 e. The molecule has 0 aromatic carbocycles. The summed E-state index contributed by atoms with van der Waals surface area (Å²) < 4.78 is 0. The average molecular weight is 276 g/mol. The van der Waals surface area contributed by atoms with Gasteiger partial charge in [-0.2, -0.15) is 0 Å². The Bertz CT molecular complexity index is 539. The number of thiazole rings is 1. The second kappa shape index (κ2) is 6.21. The van der Waals surface area contributed by atoms with Crippen molar-refractivity contribution < 1.29 is 0 Å². The molecule has 0 aliphatic carbocycles. The number of hydrogen-bond acceptors (Lipinski definition) is 5. The van der Waals surface area contributed by atoms with E-state index in [1.54, 1.807) is 11.3 Å². The topological polar surface area (TPSA) is 50.7 Å². The van der Waals surface area contributed by atoms with Crippen LogP contribution in [0.3, 0.4) is 0 Å². The van der Waals surface area contributed by atoms with Crippen LogP contribution in [0.5, 0.6) is 0 Å². The fourth-order valence-corrected chi connectivity index (χ4v) is 2.66. The molecule has 102 valence electrons. The van der Waals surface area contributed by atoms with Crippen molar-refractivity contribution in [3.63, 3.8) is 0 Å². The Morgan fingerprint density at radius 1 is 1.11 bits per heavy atom. The number of hydrogen-bond donors (Lipinski definition) is 1. The highest BCUT2D eigenvalue weighted by atomic mass is 32.1. The van der Waals surface area contributed by atoms with Crippen LogP contribution in [0.15, 0.2) is 5.38 Å². The van der Waals surface area contributed by atoms with Crippen LogP contribution in [0.25, 0.3) is 0 Å². The summed E-state index contributed by atoms with van der Waals surface area (Å²) in [5, 5.41) is 6.50. The van der Waals surface area contributed by atoms with Gasteiger partial charge in [0.05, 0.1) is 17.1 Å². The van der Waals surface area contributed by atoms with Gasteiger partial charge in [-0.15, -0.1) is 11.3 Å². The summed E-state index contributed by atoms with van der Waals surface area (Å²) >= 11 is 1.67. The van der Waals surface area contributed by atoms with Crippen LogP contribution in [0.1, 0.15) is 40.4 Å². The van der Waals surface area contributed by atoms with Gasteiger partial charge in [0.1, 0.15) is 5.82 Å². The van der Waals surface area contributed by atoms with Crippen molar-refractivity contribution in [3.05, 3.63) is 38.9 Å². The Morgan fingerprint density at radius 2 is 1.79 bits per heavy atom. The Hall–Kier alpha value is -1.33. The summed E-state index contributed by atoms with van der Waals surface area (Å²) in [4.78, 5) is 13.7. The molecular weight excluding hydrogens is 256 g/mol. The van der Waals surface area contributed by atoms with Gasteiger partial charge in [0, 0.05) is 28.9 Å². The van der Waals surface area contributed by atoms with Crippen molar-refractivity contribution in [1.29, 1.82) is 0 Å². The molecule has 2 rings (SSSR count). The molecule has 2 aromatic rings. The van der Waals surface area contributed by atoms with Gasteiger partial charge in [-0.3, -0.25) is 0 Å². The second-order valence-electron chi connectivity index (χ2n) is 4.60. The van der Waals surface area contributed by atoms with Crippen LogP contribution in [-0.4, -0.2) is 21.5 Å². The summed E-state index contributed by atoms with van der Waals surface area (Å²) in [5.74, 6) is 0.862. The largest absolute Gasteiger partial charge is 0.313 e. The van der Waals surface area contributed by atoms with E-state index >= 15 is 0 Å². The zero-order valence-electron chi connectivity index (χ0n) is 11.9. The Morgan fingerprint density at radius 3 is 2.32 bits per heavy atom. The van der Waals surface area contributed by atoms with Gasteiger partial charge in [0.25, 0.3) is 0 Å². The van der Waals surface area contributed by atoms with Crippen LogP contribution < -0.4 is 5.32 Å². The Kier molecular flexibility index (Phi) is 4.61. The molecule has 2 aromatic heterocycles. The lowest BCUT2D eigenvalue weighted by atomic mass is 10.1. The summed E-state index contributed by atoms with van der Waals surface area (Å²) in [5.41, 5.74) is 4.39. The van der Waals surface area contributed by atoms with Gasteiger partial charge in [0.15, 0.2) is 0 Å². The maximum absolute atomic E-state index is 4.60. The molecule has 0 saturated carbocycles. The maximum atomic E-state index is 4.60. The SMILES string of the molecule is CCNCc1c(C)nc(Cc2csc(C)n2)nc1C. The van der Waals surface area contributed by atoms with E-state index in [1.807, 2.05) is 6.92 Å². The third-order valence-corrected chi connectivity index (χ3v) is 3.85. The van der Waals surface area contributed by atoms with E-state index in [0.29, 0.717) is 6.42 Å². The number of aryl methyl sites for hydroxylation is 3. The second-order valence-corrected chi connectivity index (χ2v) is 5.67. The molecule has 0 atom stereocenters. The number of nitrogens with one attached hydrogen (secondary N) is 1. The molecule has 0 spiro atoms. The molecule has 4 nitrogen and oxygen atoms in total. The van der Waals surface area contributed by atoms with Gasteiger partial charge >= 0.3 is 0 Å². The van der Waals surface area contributed by atoms with Crippen molar-refractivity contribution in [3.8, 4) is 0 Å². The molecule has 0 bridgehead atoms. The minimum atomic E-state index is 0.716. The van der Waals surface area contributed by atoms with Crippen LogP contribution in [0.4, 0.5) is 0 Å². The van der Waals surface area contributed by atoms with Crippen LogP contribution in [0.2, 0.25) is 0 Å².